The summed E-state index contributed by atoms with van der Waals surface area (Å²) in [6.45, 7) is 0. The Bertz CT molecular complexity index is 1000. The van der Waals surface area contributed by atoms with Gasteiger partial charge in [-0.25, -0.2) is 9.69 Å². The number of amides is 4. The van der Waals surface area contributed by atoms with Gasteiger partial charge >= 0.3 is 6.03 Å². The van der Waals surface area contributed by atoms with Crippen molar-refractivity contribution in [2.75, 3.05) is 12.0 Å². The topological polar surface area (TPSA) is 95.9 Å². The van der Waals surface area contributed by atoms with Gasteiger partial charge in [0.2, 0.25) is 0 Å². The molecule has 2 aromatic carbocycles. The Hall–Kier alpha value is -3.03. The molecule has 0 spiro atoms. The van der Waals surface area contributed by atoms with Crippen LogP contribution in [-0.4, -0.2) is 30.1 Å². The molecule has 2 aromatic rings. The third-order valence-corrected chi connectivity index (χ3v) is 4.52. The number of nitrogens with one attached hydrogen (secondary N) is 1. The van der Waals surface area contributed by atoms with E-state index in [-0.39, 0.29) is 32.8 Å². The molecule has 1 aliphatic rings. The van der Waals surface area contributed by atoms with Crippen molar-refractivity contribution in [2.45, 2.75) is 0 Å². The number of ether oxygens (including phenoxy) is 1. The van der Waals surface area contributed by atoms with E-state index >= 15 is 0 Å². The molecule has 1 heterocycles. The zero-order valence-electron chi connectivity index (χ0n) is 13.8. The van der Waals surface area contributed by atoms with Gasteiger partial charge in [0.25, 0.3) is 11.8 Å². The second-order valence-corrected chi connectivity index (χ2v) is 6.30. The number of hydrogen-bond acceptors (Lipinski definition) is 5. The summed E-state index contributed by atoms with van der Waals surface area (Å²) >= 11 is 11.8. The number of methoxy groups -OCH3 is 1. The predicted octanol–water partition coefficient (Wildman–Crippen LogP) is 3.37. The fourth-order valence-electron chi connectivity index (χ4n) is 2.47. The number of urea groups is 1. The van der Waals surface area contributed by atoms with Crippen LogP contribution in [0.2, 0.25) is 10.0 Å². The maximum Gasteiger partial charge on any atom is 0.335 e. The molecule has 4 amide bonds. The Labute approximate surface area is 163 Å². The van der Waals surface area contributed by atoms with Crippen LogP contribution in [0, 0.1) is 0 Å². The van der Waals surface area contributed by atoms with Crippen molar-refractivity contribution in [3.8, 4) is 11.5 Å². The number of barbiturate groups is 1. The average Bonchev–Trinajstić information content (AvgIpc) is 2.62. The second kappa shape index (κ2) is 7.30. The highest BCUT2D eigenvalue weighted by Crippen LogP contribution is 2.30. The highest BCUT2D eigenvalue weighted by Gasteiger charge is 2.37. The second-order valence-electron chi connectivity index (χ2n) is 5.49. The van der Waals surface area contributed by atoms with Crippen molar-refractivity contribution in [1.29, 1.82) is 0 Å². The fraction of sp³-hybridized carbons (Fsp3) is 0.0556. The fourth-order valence-corrected chi connectivity index (χ4v) is 2.76. The van der Waals surface area contributed by atoms with Crippen molar-refractivity contribution >= 4 is 52.8 Å². The molecule has 3 rings (SSSR count). The number of nitrogens with zero attached hydrogens (tertiary/aromatic N) is 1. The molecular formula is C18H12Cl2N2O5. The first kappa shape index (κ1) is 18.8. The molecule has 0 bridgehead atoms. The van der Waals surface area contributed by atoms with E-state index in [2.05, 4.69) is 5.32 Å². The monoisotopic (exact) mass is 406 g/mol. The summed E-state index contributed by atoms with van der Waals surface area (Å²) in [7, 11) is 1.37. The summed E-state index contributed by atoms with van der Waals surface area (Å²) in [4.78, 5) is 37.9. The van der Waals surface area contributed by atoms with E-state index in [1.165, 1.54) is 49.6 Å². The summed E-state index contributed by atoms with van der Waals surface area (Å²) in [6.07, 6.45) is 1.29. The number of phenols is 1. The Morgan fingerprint density at radius 2 is 1.81 bits per heavy atom. The maximum absolute atomic E-state index is 12.8. The number of phenolic OH excluding ortho intramolecular Hbond substituents is 1. The first-order valence-corrected chi connectivity index (χ1v) is 8.31. The van der Waals surface area contributed by atoms with Crippen molar-refractivity contribution < 1.29 is 24.2 Å². The van der Waals surface area contributed by atoms with Crippen LogP contribution in [0.4, 0.5) is 10.5 Å². The van der Waals surface area contributed by atoms with Gasteiger partial charge in [0.05, 0.1) is 22.8 Å². The van der Waals surface area contributed by atoms with Crippen LogP contribution in [0.5, 0.6) is 11.5 Å². The van der Waals surface area contributed by atoms with Crippen LogP contribution < -0.4 is 15.0 Å². The van der Waals surface area contributed by atoms with E-state index in [4.69, 9.17) is 27.9 Å². The van der Waals surface area contributed by atoms with Crippen LogP contribution in [0.15, 0.2) is 42.0 Å². The summed E-state index contributed by atoms with van der Waals surface area (Å²) < 4.78 is 5.00. The largest absolute Gasteiger partial charge is 0.504 e. The van der Waals surface area contributed by atoms with Crippen LogP contribution in [0.25, 0.3) is 6.08 Å². The number of rotatable bonds is 3. The Morgan fingerprint density at radius 1 is 1.07 bits per heavy atom. The average molecular weight is 407 g/mol. The molecule has 27 heavy (non-hydrogen) atoms. The Kier molecular flexibility index (Phi) is 5.07. The van der Waals surface area contributed by atoms with Gasteiger partial charge in [0.15, 0.2) is 11.5 Å². The van der Waals surface area contributed by atoms with Gasteiger partial charge < -0.3 is 9.84 Å². The molecule has 0 radical (unpaired) electrons. The molecule has 1 aliphatic heterocycles. The minimum Gasteiger partial charge on any atom is -0.504 e. The van der Waals surface area contributed by atoms with Gasteiger partial charge in [0.1, 0.15) is 5.57 Å². The van der Waals surface area contributed by atoms with Gasteiger partial charge in [-0.2, -0.15) is 0 Å². The molecule has 0 aromatic heterocycles. The van der Waals surface area contributed by atoms with Gasteiger partial charge in [-0.3, -0.25) is 14.9 Å². The smallest absolute Gasteiger partial charge is 0.335 e. The van der Waals surface area contributed by atoms with Crippen LogP contribution in [0.3, 0.4) is 0 Å². The normalized spacial score (nSPS) is 15.9. The minimum absolute atomic E-state index is 0.0910. The molecule has 0 atom stereocenters. The summed E-state index contributed by atoms with van der Waals surface area (Å²) in [5.74, 6) is -1.58. The first-order chi connectivity index (χ1) is 12.8. The quantitative estimate of drug-likeness (QED) is 0.601. The number of hydrogen-bond donors (Lipinski definition) is 2. The molecule has 2 N–H and O–H groups in total. The number of benzene rings is 2. The highest BCUT2D eigenvalue weighted by atomic mass is 35.5. The molecule has 7 nitrogen and oxygen atoms in total. The van der Waals surface area contributed by atoms with Crippen molar-refractivity contribution in [3.05, 3.63) is 57.6 Å². The molecule has 138 valence electrons. The van der Waals surface area contributed by atoms with Crippen LogP contribution >= 0.6 is 23.2 Å². The SMILES string of the molecule is COc1cc(/C=C2/C(=O)NC(=O)N(c3ccc(Cl)c(Cl)c3)C2=O)ccc1O. The minimum atomic E-state index is -0.899. The Balaban J connectivity index is 2.03. The third-order valence-electron chi connectivity index (χ3n) is 3.78. The highest BCUT2D eigenvalue weighted by molar-refractivity contribution is 6.43. The van der Waals surface area contributed by atoms with E-state index in [1.54, 1.807) is 0 Å². The maximum atomic E-state index is 12.8. The number of carbonyl (C=O) groups is 3. The van der Waals surface area contributed by atoms with Crippen LogP contribution in [-0.2, 0) is 9.59 Å². The van der Waals surface area contributed by atoms with E-state index in [1.807, 2.05) is 0 Å². The lowest BCUT2D eigenvalue weighted by molar-refractivity contribution is -0.122. The summed E-state index contributed by atoms with van der Waals surface area (Å²) in [5.41, 5.74) is 0.314. The van der Waals surface area contributed by atoms with Gasteiger partial charge in [-0.15, -0.1) is 0 Å². The molecule has 1 fully saturated rings. The van der Waals surface area contributed by atoms with E-state index < -0.39 is 17.8 Å². The van der Waals surface area contributed by atoms with E-state index in [0.717, 1.165) is 4.90 Å². The molecular weight excluding hydrogens is 395 g/mol. The standard InChI is InChI=1S/C18H12Cl2N2O5/c1-27-15-7-9(2-5-14(15)23)6-11-16(24)21-18(26)22(17(11)25)10-3-4-12(19)13(20)8-10/h2-8,23H,1H3,(H,21,24,26)/b11-6-. The molecule has 0 aliphatic carbocycles. The lowest BCUT2D eigenvalue weighted by Crippen LogP contribution is -2.54. The zero-order chi connectivity index (χ0) is 19.7. The van der Waals surface area contributed by atoms with Gasteiger partial charge in [-0.1, -0.05) is 29.3 Å². The number of halogens is 2. The molecule has 9 heteroatoms. The number of imide groups is 2. The molecule has 0 unspecified atom stereocenters. The van der Waals surface area contributed by atoms with E-state index in [9.17, 15) is 19.5 Å². The van der Waals surface area contributed by atoms with Crippen molar-refractivity contribution in [2.24, 2.45) is 0 Å². The van der Waals surface area contributed by atoms with E-state index in [0.29, 0.717) is 5.56 Å². The predicted molar refractivity (Wildman–Crippen MR) is 100 cm³/mol. The van der Waals surface area contributed by atoms with Gasteiger partial charge in [0, 0.05) is 0 Å². The van der Waals surface area contributed by atoms with Crippen molar-refractivity contribution in [3.63, 3.8) is 0 Å². The molecule has 0 saturated carbocycles. The first-order valence-electron chi connectivity index (χ1n) is 7.55. The van der Waals surface area contributed by atoms with Crippen molar-refractivity contribution in [1.82, 2.24) is 5.32 Å². The number of aromatic hydroxyl groups is 1. The lowest BCUT2D eigenvalue weighted by Gasteiger charge is -2.26. The van der Waals surface area contributed by atoms with Gasteiger partial charge in [-0.05, 0) is 42.0 Å². The lowest BCUT2D eigenvalue weighted by atomic mass is 10.1. The number of anilines is 1. The Morgan fingerprint density at radius 3 is 2.48 bits per heavy atom. The summed E-state index contributed by atoms with van der Waals surface area (Å²) in [5, 5.41) is 12.2. The summed E-state index contributed by atoms with van der Waals surface area (Å²) in [6, 6.07) is 7.61. The number of carbonyl (C=O) groups excluding carboxylic acids is 3. The van der Waals surface area contributed by atoms with Crippen LogP contribution in [0.1, 0.15) is 5.56 Å². The third kappa shape index (κ3) is 3.60. The zero-order valence-corrected chi connectivity index (χ0v) is 15.3. The molecule has 1 saturated heterocycles.